The van der Waals surface area contributed by atoms with Gasteiger partial charge in [0.2, 0.25) is 0 Å². The molecule has 9 heavy (non-hydrogen) atoms. The molecule has 4 heteroatoms. The first-order chi connectivity index (χ1) is 3.81. The van der Waals surface area contributed by atoms with E-state index in [1.807, 2.05) is 9.24 Å². The summed E-state index contributed by atoms with van der Waals surface area (Å²) in [6.07, 6.45) is 2.23. The molecule has 0 aliphatic heterocycles. The Morgan fingerprint density at radius 2 is 2.22 bits per heavy atom. The van der Waals surface area contributed by atoms with Crippen molar-refractivity contribution in [1.29, 1.82) is 0 Å². The molecule has 2 unspecified atom stereocenters. The summed E-state index contributed by atoms with van der Waals surface area (Å²) in [4.78, 5) is 0. The lowest BCUT2D eigenvalue weighted by Crippen LogP contribution is -3.00. The second kappa shape index (κ2) is 8.97. The average molecular weight is 191 g/mol. The number of rotatable bonds is 4. The molecule has 0 rings (SSSR count). The molecule has 0 aromatic rings. The molecule has 0 amide bonds. The van der Waals surface area contributed by atoms with E-state index in [4.69, 9.17) is 16.3 Å². The minimum Gasteiger partial charge on any atom is -1.00 e. The third kappa shape index (κ3) is 8.97. The number of methoxy groups -OCH3 is 1. The van der Waals surface area contributed by atoms with Crippen LogP contribution in [-0.4, -0.2) is 25.3 Å². The van der Waals surface area contributed by atoms with Crippen LogP contribution in [0.2, 0.25) is 0 Å². The maximum atomic E-state index is 5.76. The fourth-order valence-electron chi connectivity index (χ4n) is 0.486. The lowest BCUT2D eigenvalue weighted by molar-refractivity contribution is -0.00000188. The molecule has 0 saturated carbocycles. The van der Waals surface area contributed by atoms with Crippen LogP contribution in [0.3, 0.4) is 0 Å². The van der Waals surface area contributed by atoms with Crippen molar-refractivity contribution in [1.82, 2.24) is 0 Å². The molecular weight excluding hydrogens is 178 g/mol. The summed E-state index contributed by atoms with van der Waals surface area (Å²) >= 11 is 5.76. The van der Waals surface area contributed by atoms with Gasteiger partial charge in [0.05, 0.1) is 18.1 Å². The Hall–Kier alpha value is 0.970. The van der Waals surface area contributed by atoms with Gasteiger partial charge in [0.15, 0.2) is 0 Å². The Kier molecular flexibility index (Phi) is 12.6. The van der Waals surface area contributed by atoms with Crippen LogP contribution in [0.1, 0.15) is 6.42 Å². The molecule has 1 nitrogen and oxygen atoms in total. The Morgan fingerprint density at radius 3 is 2.56 bits per heavy atom. The molecule has 0 saturated heterocycles. The smallest absolute Gasteiger partial charge is 0.0627 e. The molecule has 0 aromatic heterocycles. The molecule has 0 radical (unpaired) electrons. The summed E-state index contributed by atoms with van der Waals surface area (Å²) in [5.74, 6) is 0. The monoisotopic (exact) mass is 190 g/mol. The quantitative estimate of drug-likeness (QED) is 0.378. The van der Waals surface area contributed by atoms with Crippen LogP contribution in [0.4, 0.5) is 0 Å². The second-order valence-corrected chi connectivity index (χ2v) is 3.02. The van der Waals surface area contributed by atoms with Crippen molar-refractivity contribution in [3.8, 4) is 0 Å². The van der Waals surface area contributed by atoms with Crippen LogP contribution in [0.25, 0.3) is 0 Å². The van der Waals surface area contributed by atoms with Gasteiger partial charge in [0.1, 0.15) is 0 Å². The minimum atomic E-state index is 0. The summed E-state index contributed by atoms with van der Waals surface area (Å²) in [5.41, 5.74) is 0. The van der Waals surface area contributed by atoms with Crippen molar-refractivity contribution in [3.05, 3.63) is 0 Å². The number of ether oxygens (including phenoxy) is 1. The van der Waals surface area contributed by atoms with Crippen LogP contribution < -0.4 is 12.4 Å². The van der Waals surface area contributed by atoms with Crippen LogP contribution in [0, 0.1) is 0 Å². The maximum absolute atomic E-state index is 5.76. The topological polar surface area (TPSA) is 9.23 Å². The van der Waals surface area contributed by atoms with Gasteiger partial charge in [0.25, 0.3) is 0 Å². The Labute approximate surface area is 70.1 Å². The third-order valence-corrected chi connectivity index (χ3v) is 1.62. The van der Waals surface area contributed by atoms with Crippen LogP contribution in [0.15, 0.2) is 0 Å². The second-order valence-electron chi connectivity index (χ2n) is 1.69. The highest BCUT2D eigenvalue weighted by atomic mass is 35.5. The van der Waals surface area contributed by atoms with E-state index in [9.17, 15) is 0 Å². The molecule has 58 valence electrons. The Balaban J connectivity index is 0. The standard InChI is InChI=1S/C5H12ClOP.ClH/c1-7-4-5(6)2-3-8;/h5H,2-4,8H2,1H3;1H. The van der Waals surface area contributed by atoms with E-state index in [0.29, 0.717) is 6.61 Å². The van der Waals surface area contributed by atoms with Gasteiger partial charge in [-0.05, 0) is 15.7 Å². The van der Waals surface area contributed by atoms with Gasteiger partial charge in [0, 0.05) is 7.11 Å². The highest BCUT2D eigenvalue weighted by Gasteiger charge is 2.01. The van der Waals surface area contributed by atoms with Gasteiger partial charge < -0.3 is 17.1 Å². The molecule has 0 N–H and O–H groups in total. The molecule has 0 aromatic carbocycles. The van der Waals surface area contributed by atoms with Crippen molar-refractivity contribution in [3.63, 3.8) is 0 Å². The zero-order valence-corrected chi connectivity index (χ0v) is 8.50. The minimum absolute atomic E-state index is 0. The molecule has 2 atom stereocenters. The van der Waals surface area contributed by atoms with Gasteiger partial charge >= 0.3 is 0 Å². The van der Waals surface area contributed by atoms with Gasteiger partial charge in [-0.2, -0.15) is 0 Å². The lowest BCUT2D eigenvalue weighted by atomic mass is 10.3. The van der Waals surface area contributed by atoms with Crippen LogP contribution >= 0.6 is 20.8 Å². The van der Waals surface area contributed by atoms with Crippen molar-refractivity contribution < 1.29 is 17.1 Å². The zero-order chi connectivity index (χ0) is 6.41. The highest BCUT2D eigenvalue weighted by molar-refractivity contribution is 7.16. The average Bonchev–Trinajstić information content (AvgIpc) is 1.68. The van der Waals surface area contributed by atoms with E-state index in [-0.39, 0.29) is 17.8 Å². The SMILES string of the molecule is COCC(Cl)CC[PH3+].[Cl-]. The molecule has 0 bridgehead atoms. The molecule has 0 fully saturated rings. The predicted octanol–water partition coefficient (Wildman–Crippen LogP) is -1.76. The molecule has 0 aliphatic rings. The van der Waals surface area contributed by atoms with Gasteiger partial charge in [-0.1, -0.05) is 0 Å². The molecule has 0 aliphatic carbocycles. The van der Waals surface area contributed by atoms with E-state index < -0.39 is 0 Å². The van der Waals surface area contributed by atoms with E-state index in [0.717, 1.165) is 12.6 Å². The van der Waals surface area contributed by atoms with Crippen molar-refractivity contribution in [2.75, 3.05) is 19.9 Å². The molecular formula is C5H13Cl2OP. The van der Waals surface area contributed by atoms with E-state index >= 15 is 0 Å². The fourth-order valence-corrected chi connectivity index (χ4v) is 1.52. The fraction of sp³-hybridized carbons (Fsp3) is 1.00. The summed E-state index contributed by atoms with van der Waals surface area (Å²) in [5, 5.41) is 0.220. The van der Waals surface area contributed by atoms with Crippen molar-refractivity contribution in [2.45, 2.75) is 11.8 Å². The predicted molar refractivity (Wildman–Crippen MR) is 42.1 cm³/mol. The Morgan fingerprint density at radius 1 is 1.67 bits per heavy atom. The summed E-state index contributed by atoms with van der Waals surface area (Å²) in [6.45, 7) is 0.680. The van der Waals surface area contributed by atoms with E-state index in [2.05, 4.69) is 0 Å². The van der Waals surface area contributed by atoms with E-state index in [1.54, 1.807) is 7.11 Å². The summed E-state index contributed by atoms with van der Waals surface area (Å²) in [6, 6.07) is 0. The van der Waals surface area contributed by atoms with Crippen LogP contribution in [-0.2, 0) is 4.74 Å². The van der Waals surface area contributed by atoms with Crippen LogP contribution in [0.5, 0.6) is 0 Å². The molecule has 0 spiro atoms. The zero-order valence-electron chi connectivity index (χ0n) is 5.57. The molecule has 0 heterocycles. The first-order valence-corrected chi connectivity index (χ1v) is 4.17. The van der Waals surface area contributed by atoms with E-state index in [1.165, 1.54) is 0 Å². The first kappa shape index (κ1) is 12.6. The lowest BCUT2D eigenvalue weighted by Gasteiger charge is -2.02. The first-order valence-electron chi connectivity index (χ1n) is 2.73. The largest absolute Gasteiger partial charge is 1.00 e. The number of hydrogen-bond donors (Lipinski definition) is 0. The highest BCUT2D eigenvalue weighted by Crippen LogP contribution is 2.03. The normalized spacial score (nSPS) is 12.7. The number of alkyl halides is 1. The van der Waals surface area contributed by atoms with Gasteiger partial charge in [-0.3, -0.25) is 0 Å². The van der Waals surface area contributed by atoms with Gasteiger partial charge in [-0.25, -0.2) is 0 Å². The number of hydrogen-bond acceptors (Lipinski definition) is 1. The summed E-state index contributed by atoms with van der Waals surface area (Å²) in [7, 11) is 3.62. The van der Waals surface area contributed by atoms with Crippen molar-refractivity contribution in [2.24, 2.45) is 0 Å². The van der Waals surface area contributed by atoms with Gasteiger partial charge in [-0.15, -0.1) is 11.6 Å². The maximum Gasteiger partial charge on any atom is 0.0627 e. The Bertz CT molecular complexity index is 48.2. The van der Waals surface area contributed by atoms with Crippen molar-refractivity contribution >= 4 is 20.8 Å². The summed E-state index contributed by atoms with van der Waals surface area (Å²) < 4.78 is 4.83. The number of halogens is 2. The third-order valence-electron chi connectivity index (χ3n) is 0.865.